The zero-order valence-electron chi connectivity index (χ0n) is 6.73. The highest BCUT2D eigenvalue weighted by atomic mass is 127. The van der Waals surface area contributed by atoms with Crippen molar-refractivity contribution in [2.75, 3.05) is 13.4 Å². The van der Waals surface area contributed by atoms with Crippen LogP contribution >= 0.6 is 34.4 Å². The van der Waals surface area contributed by atoms with E-state index in [1.165, 1.54) is 17.8 Å². The lowest BCUT2D eigenvalue weighted by atomic mass is 10.3. The second-order valence-electron chi connectivity index (χ2n) is 2.10. The van der Waals surface area contributed by atoms with E-state index in [4.69, 9.17) is 4.74 Å². The molecule has 1 rings (SSSR count). The fraction of sp³-hybridized carbons (Fsp3) is 0.250. The maximum atomic E-state index is 13.1. The van der Waals surface area contributed by atoms with Crippen molar-refractivity contribution in [1.82, 2.24) is 0 Å². The Bertz CT molecular complexity index is 291. The minimum Gasteiger partial charge on any atom is -0.496 e. The molecule has 1 aromatic rings. The van der Waals surface area contributed by atoms with Crippen LogP contribution in [0.3, 0.4) is 0 Å². The zero-order chi connectivity index (χ0) is 9.14. The van der Waals surface area contributed by atoms with Crippen LogP contribution in [0.15, 0.2) is 17.0 Å². The van der Waals surface area contributed by atoms with E-state index in [1.807, 2.05) is 6.26 Å². The molecule has 0 heterocycles. The van der Waals surface area contributed by atoms with Gasteiger partial charge in [-0.25, -0.2) is 4.39 Å². The Morgan fingerprint density at radius 2 is 2.17 bits per heavy atom. The molecule has 0 aliphatic carbocycles. The molecule has 0 radical (unpaired) electrons. The van der Waals surface area contributed by atoms with Crippen molar-refractivity contribution in [2.45, 2.75) is 4.90 Å². The Hall–Kier alpha value is 0.0300. The molecular weight excluding hydrogens is 290 g/mol. The van der Waals surface area contributed by atoms with Gasteiger partial charge in [-0.3, -0.25) is 0 Å². The molecule has 0 N–H and O–H groups in total. The van der Waals surface area contributed by atoms with Crippen LogP contribution in [0, 0.1) is 9.39 Å². The monoisotopic (exact) mass is 298 g/mol. The van der Waals surface area contributed by atoms with Gasteiger partial charge in [0.05, 0.1) is 15.6 Å². The Morgan fingerprint density at radius 1 is 1.50 bits per heavy atom. The molecule has 0 fully saturated rings. The highest BCUT2D eigenvalue weighted by molar-refractivity contribution is 14.1. The summed E-state index contributed by atoms with van der Waals surface area (Å²) in [6.45, 7) is 0. The first kappa shape index (κ1) is 10.1. The molecule has 0 amide bonds. The second kappa shape index (κ2) is 4.32. The quantitative estimate of drug-likeness (QED) is 0.613. The third-order valence-electron chi connectivity index (χ3n) is 1.44. The number of ether oxygens (including phenoxy) is 1. The summed E-state index contributed by atoms with van der Waals surface area (Å²) in [5.41, 5.74) is 0. The Balaban J connectivity index is 3.24. The van der Waals surface area contributed by atoms with E-state index in [-0.39, 0.29) is 5.82 Å². The third kappa shape index (κ3) is 1.85. The van der Waals surface area contributed by atoms with Crippen molar-refractivity contribution in [2.24, 2.45) is 0 Å². The average Bonchev–Trinajstić information content (AvgIpc) is 2.06. The molecule has 0 unspecified atom stereocenters. The van der Waals surface area contributed by atoms with Gasteiger partial charge in [-0.15, -0.1) is 11.8 Å². The van der Waals surface area contributed by atoms with E-state index in [0.29, 0.717) is 4.90 Å². The molecule has 4 heteroatoms. The molecule has 0 aliphatic heterocycles. The minimum atomic E-state index is -0.187. The first-order valence-corrected chi connectivity index (χ1v) is 5.57. The topological polar surface area (TPSA) is 9.23 Å². The molecule has 66 valence electrons. The highest BCUT2D eigenvalue weighted by Crippen LogP contribution is 2.32. The fourth-order valence-electron chi connectivity index (χ4n) is 0.859. The number of halogens is 2. The van der Waals surface area contributed by atoms with Gasteiger partial charge in [0.1, 0.15) is 11.6 Å². The van der Waals surface area contributed by atoms with Crippen molar-refractivity contribution >= 4 is 34.4 Å². The van der Waals surface area contributed by atoms with E-state index >= 15 is 0 Å². The maximum Gasteiger partial charge on any atom is 0.138 e. The van der Waals surface area contributed by atoms with Crippen LogP contribution in [0.5, 0.6) is 5.75 Å². The fourth-order valence-corrected chi connectivity index (χ4v) is 2.72. The SMILES string of the molecule is COc1ccc(F)c(SC)c1I. The van der Waals surface area contributed by atoms with Gasteiger partial charge in [0.25, 0.3) is 0 Å². The van der Waals surface area contributed by atoms with E-state index in [9.17, 15) is 4.39 Å². The predicted molar refractivity (Wildman–Crippen MR) is 57.5 cm³/mol. The normalized spacial score (nSPS) is 10.0. The number of thioether (sulfide) groups is 1. The standard InChI is InChI=1S/C8H8FIOS/c1-11-6-4-3-5(9)8(12-2)7(6)10/h3-4H,1-2H3. The summed E-state index contributed by atoms with van der Waals surface area (Å²) in [6.07, 6.45) is 1.85. The van der Waals surface area contributed by atoms with Gasteiger partial charge < -0.3 is 4.74 Å². The summed E-state index contributed by atoms with van der Waals surface area (Å²) >= 11 is 3.47. The summed E-state index contributed by atoms with van der Waals surface area (Å²) in [5, 5.41) is 0. The Kier molecular flexibility index (Phi) is 3.64. The maximum absolute atomic E-state index is 13.1. The molecule has 0 aliphatic rings. The Labute approximate surface area is 88.8 Å². The summed E-state index contributed by atoms with van der Waals surface area (Å²) in [4.78, 5) is 0.648. The van der Waals surface area contributed by atoms with Gasteiger partial charge in [0.15, 0.2) is 0 Å². The summed E-state index contributed by atoms with van der Waals surface area (Å²) in [6, 6.07) is 3.06. The van der Waals surface area contributed by atoms with Gasteiger partial charge >= 0.3 is 0 Å². The van der Waals surface area contributed by atoms with Gasteiger partial charge in [-0.1, -0.05) is 0 Å². The minimum absolute atomic E-state index is 0.187. The molecule has 0 saturated heterocycles. The number of hydrogen-bond acceptors (Lipinski definition) is 2. The van der Waals surface area contributed by atoms with Crippen molar-refractivity contribution < 1.29 is 9.13 Å². The molecule has 0 saturated carbocycles. The van der Waals surface area contributed by atoms with E-state index < -0.39 is 0 Å². The summed E-state index contributed by atoms with van der Waals surface area (Å²) in [7, 11) is 1.58. The molecule has 0 bridgehead atoms. The Morgan fingerprint density at radius 3 is 2.67 bits per heavy atom. The summed E-state index contributed by atoms with van der Waals surface area (Å²) < 4.78 is 19.0. The molecule has 0 aromatic heterocycles. The van der Waals surface area contributed by atoms with Crippen LogP contribution < -0.4 is 4.74 Å². The highest BCUT2D eigenvalue weighted by Gasteiger charge is 2.09. The molecule has 1 nitrogen and oxygen atoms in total. The van der Waals surface area contributed by atoms with Crippen LogP contribution in [-0.4, -0.2) is 13.4 Å². The van der Waals surface area contributed by atoms with Gasteiger partial charge in [0, 0.05) is 0 Å². The predicted octanol–water partition coefficient (Wildman–Crippen LogP) is 3.16. The first-order chi connectivity index (χ1) is 5.70. The van der Waals surface area contributed by atoms with Crippen LogP contribution in [-0.2, 0) is 0 Å². The lowest BCUT2D eigenvalue weighted by Crippen LogP contribution is -1.91. The third-order valence-corrected chi connectivity index (χ3v) is 3.68. The van der Waals surface area contributed by atoms with Crippen molar-refractivity contribution in [3.63, 3.8) is 0 Å². The van der Waals surface area contributed by atoms with Crippen LogP contribution in [0.4, 0.5) is 4.39 Å². The zero-order valence-corrected chi connectivity index (χ0v) is 9.70. The summed E-state index contributed by atoms with van der Waals surface area (Å²) in [5.74, 6) is 0.536. The molecule has 0 atom stereocenters. The smallest absolute Gasteiger partial charge is 0.138 e. The van der Waals surface area contributed by atoms with Gasteiger partial charge in [-0.05, 0) is 41.0 Å². The van der Waals surface area contributed by atoms with E-state index in [0.717, 1.165) is 9.32 Å². The van der Waals surface area contributed by atoms with Gasteiger partial charge in [0.2, 0.25) is 0 Å². The van der Waals surface area contributed by atoms with Crippen LogP contribution in [0.25, 0.3) is 0 Å². The number of hydrogen-bond donors (Lipinski definition) is 0. The number of benzene rings is 1. The molecule has 0 spiro atoms. The number of methoxy groups -OCH3 is 1. The molecule has 12 heavy (non-hydrogen) atoms. The molecule has 1 aromatic carbocycles. The number of rotatable bonds is 2. The van der Waals surface area contributed by atoms with E-state index in [2.05, 4.69) is 22.6 Å². The largest absolute Gasteiger partial charge is 0.496 e. The van der Waals surface area contributed by atoms with Gasteiger partial charge in [-0.2, -0.15) is 0 Å². The lowest BCUT2D eigenvalue weighted by molar-refractivity contribution is 0.408. The molecular formula is C8H8FIOS. The van der Waals surface area contributed by atoms with Crippen molar-refractivity contribution in [3.05, 3.63) is 21.5 Å². The van der Waals surface area contributed by atoms with E-state index in [1.54, 1.807) is 13.2 Å². The van der Waals surface area contributed by atoms with Crippen LogP contribution in [0.2, 0.25) is 0 Å². The first-order valence-electron chi connectivity index (χ1n) is 3.26. The van der Waals surface area contributed by atoms with Crippen molar-refractivity contribution in [3.8, 4) is 5.75 Å². The lowest BCUT2D eigenvalue weighted by Gasteiger charge is -2.07. The van der Waals surface area contributed by atoms with Crippen molar-refractivity contribution in [1.29, 1.82) is 0 Å². The van der Waals surface area contributed by atoms with Crippen LogP contribution in [0.1, 0.15) is 0 Å². The second-order valence-corrected chi connectivity index (χ2v) is 3.99. The average molecular weight is 298 g/mol.